The van der Waals surface area contributed by atoms with E-state index in [0.29, 0.717) is 5.71 Å². The van der Waals surface area contributed by atoms with E-state index in [-0.39, 0.29) is 10.2 Å². The fraction of sp³-hybridized carbons (Fsp3) is 0.231. The fourth-order valence-electron chi connectivity index (χ4n) is 1.97. The highest BCUT2D eigenvalue weighted by molar-refractivity contribution is 6.19. The molecule has 1 aromatic rings. The molecule has 94 valence electrons. The first kappa shape index (κ1) is 12.3. The molecule has 1 aromatic carbocycles. The van der Waals surface area contributed by atoms with Gasteiger partial charge in [-0.15, -0.1) is 4.59 Å². The number of quaternary nitrogens is 1. The van der Waals surface area contributed by atoms with Gasteiger partial charge in [-0.25, -0.2) is 4.79 Å². The van der Waals surface area contributed by atoms with E-state index in [1.807, 2.05) is 31.3 Å². The summed E-state index contributed by atoms with van der Waals surface area (Å²) in [6.45, 7) is 1.70. The Labute approximate surface area is 105 Å². The van der Waals surface area contributed by atoms with Crippen LogP contribution in [0.2, 0.25) is 0 Å². The first-order chi connectivity index (χ1) is 8.46. The summed E-state index contributed by atoms with van der Waals surface area (Å²) in [5.74, 6) is -0.195. The van der Waals surface area contributed by atoms with Crippen LogP contribution in [0.4, 0.5) is 5.69 Å². The van der Waals surface area contributed by atoms with E-state index in [9.17, 15) is 4.79 Å². The molecule has 2 rings (SSSR count). The van der Waals surface area contributed by atoms with Crippen molar-refractivity contribution in [3.05, 3.63) is 36.0 Å². The van der Waals surface area contributed by atoms with E-state index in [0.717, 1.165) is 11.4 Å². The second kappa shape index (κ2) is 4.27. The molecule has 0 amide bonds. The van der Waals surface area contributed by atoms with Gasteiger partial charge in [-0.2, -0.15) is 0 Å². The zero-order valence-corrected chi connectivity index (χ0v) is 10.5. The van der Waals surface area contributed by atoms with Crippen molar-refractivity contribution in [2.24, 2.45) is 5.10 Å². The van der Waals surface area contributed by atoms with Crippen LogP contribution in [0.1, 0.15) is 6.92 Å². The van der Waals surface area contributed by atoms with Crippen LogP contribution in [0.3, 0.4) is 0 Å². The SMILES string of the molecule is COc1ccc([N+]2(C)C=C(C(=O)O)C(C)=N2)cc1. The fourth-order valence-corrected chi connectivity index (χ4v) is 1.97. The highest BCUT2D eigenvalue weighted by Gasteiger charge is 2.34. The Balaban J connectivity index is 2.41. The lowest BCUT2D eigenvalue weighted by molar-refractivity contribution is -0.132. The minimum absolute atomic E-state index is 0.109. The van der Waals surface area contributed by atoms with Gasteiger partial charge in [0.05, 0.1) is 7.11 Å². The van der Waals surface area contributed by atoms with Gasteiger partial charge in [0.2, 0.25) is 0 Å². The van der Waals surface area contributed by atoms with Crippen molar-refractivity contribution in [1.82, 2.24) is 4.59 Å². The lowest BCUT2D eigenvalue weighted by atomic mass is 10.2. The molecule has 5 nitrogen and oxygen atoms in total. The molecule has 1 aliphatic rings. The van der Waals surface area contributed by atoms with E-state index in [2.05, 4.69) is 5.10 Å². The van der Waals surface area contributed by atoms with Gasteiger partial charge >= 0.3 is 5.97 Å². The molecular weight excluding hydrogens is 232 g/mol. The predicted octanol–water partition coefficient (Wildman–Crippen LogP) is 1.99. The van der Waals surface area contributed by atoms with Crippen molar-refractivity contribution in [2.75, 3.05) is 14.2 Å². The molecule has 1 unspecified atom stereocenters. The van der Waals surface area contributed by atoms with E-state index < -0.39 is 5.97 Å². The molecule has 1 N–H and O–H groups in total. The van der Waals surface area contributed by atoms with E-state index in [1.165, 1.54) is 0 Å². The van der Waals surface area contributed by atoms with Crippen LogP contribution < -0.4 is 9.33 Å². The third kappa shape index (κ3) is 2.00. The van der Waals surface area contributed by atoms with Crippen LogP contribution >= 0.6 is 0 Å². The molecule has 18 heavy (non-hydrogen) atoms. The van der Waals surface area contributed by atoms with Gasteiger partial charge in [0.15, 0.2) is 5.69 Å². The molecule has 0 bridgehead atoms. The maximum Gasteiger partial charge on any atom is 0.343 e. The number of carboxylic acid groups (broad SMARTS) is 1. The molecule has 0 aromatic heterocycles. The smallest absolute Gasteiger partial charge is 0.343 e. The standard InChI is InChI=1S/C13H14N2O3/c1-9-12(13(16)17)8-15(2,14-9)10-4-6-11(18-3)7-5-10/h4-8H,1-3H3/p+1. The monoisotopic (exact) mass is 247 g/mol. The number of benzene rings is 1. The number of hydrogen-bond donors (Lipinski definition) is 1. The van der Waals surface area contributed by atoms with Gasteiger partial charge in [-0.3, -0.25) is 0 Å². The van der Waals surface area contributed by atoms with E-state index >= 15 is 0 Å². The summed E-state index contributed by atoms with van der Waals surface area (Å²) in [5.41, 5.74) is 1.65. The lowest BCUT2D eigenvalue weighted by Gasteiger charge is -2.19. The minimum atomic E-state index is -0.952. The number of rotatable bonds is 3. The highest BCUT2D eigenvalue weighted by Crippen LogP contribution is 2.30. The summed E-state index contributed by atoms with van der Waals surface area (Å²) in [6, 6.07) is 7.40. The normalized spacial score (nSPS) is 22.4. The number of hydrogen-bond acceptors (Lipinski definition) is 3. The number of carboxylic acids is 1. The molecule has 1 atom stereocenters. The summed E-state index contributed by atoms with van der Waals surface area (Å²) in [7, 11) is 3.44. The van der Waals surface area contributed by atoms with Crippen LogP contribution in [0.25, 0.3) is 0 Å². The third-order valence-corrected chi connectivity index (χ3v) is 2.95. The van der Waals surface area contributed by atoms with Gasteiger partial charge in [-0.1, -0.05) is 5.10 Å². The van der Waals surface area contributed by atoms with Crippen LogP contribution in [0.5, 0.6) is 5.75 Å². The van der Waals surface area contributed by atoms with Crippen molar-refractivity contribution in [3.8, 4) is 5.75 Å². The number of ether oxygens (including phenoxy) is 1. The zero-order valence-electron chi connectivity index (χ0n) is 10.5. The van der Waals surface area contributed by atoms with Crippen molar-refractivity contribution in [1.29, 1.82) is 0 Å². The minimum Gasteiger partial charge on any atom is -0.497 e. The Morgan fingerprint density at radius 2 is 1.94 bits per heavy atom. The summed E-state index contributed by atoms with van der Waals surface area (Å²) < 4.78 is 5.20. The Hall–Kier alpha value is -2.14. The molecule has 0 saturated heterocycles. The maximum absolute atomic E-state index is 11.1. The van der Waals surface area contributed by atoms with Crippen LogP contribution in [0, 0.1) is 0 Å². The number of nitrogens with zero attached hydrogens (tertiary/aromatic N) is 2. The topological polar surface area (TPSA) is 58.9 Å². The largest absolute Gasteiger partial charge is 0.497 e. The number of carbonyl (C=O) groups is 1. The third-order valence-electron chi connectivity index (χ3n) is 2.95. The van der Waals surface area contributed by atoms with E-state index in [1.54, 1.807) is 20.2 Å². The summed E-state index contributed by atoms with van der Waals surface area (Å²) in [4.78, 5) is 11.1. The number of methoxy groups -OCH3 is 1. The lowest BCUT2D eigenvalue weighted by Crippen LogP contribution is -2.30. The highest BCUT2D eigenvalue weighted by atomic mass is 16.5. The first-order valence-electron chi connectivity index (χ1n) is 5.50. The summed E-state index contributed by atoms with van der Waals surface area (Å²) in [5, 5.41) is 13.5. The molecule has 1 heterocycles. The molecular formula is C13H15N2O3+. The Bertz CT molecular complexity index is 546. The molecule has 0 radical (unpaired) electrons. The van der Waals surface area contributed by atoms with Crippen LogP contribution in [-0.4, -0.2) is 30.9 Å². The van der Waals surface area contributed by atoms with Crippen LogP contribution in [-0.2, 0) is 4.79 Å². The van der Waals surface area contributed by atoms with Gasteiger partial charge in [0.1, 0.15) is 30.3 Å². The average Bonchev–Trinajstić information content (AvgIpc) is 2.66. The maximum atomic E-state index is 11.1. The van der Waals surface area contributed by atoms with Crippen LogP contribution in [0.15, 0.2) is 41.1 Å². The Morgan fingerprint density at radius 3 is 2.39 bits per heavy atom. The quantitative estimate of drug-likeness (QED) is 0.831. The first-order valence-corrected chi connectivity index (χ1v) is 5.50. The van der Waals surface area contributed by atoms with Gasteiger partial charge in [0.25, 0.3) is 0 Å². The second-order valence-electron chi connectivity index (χ2n) is 4.26. The average molecular weight is 247 g/mol. The molecule has 0 aliphatic carbocycles. The molecule has 1 aliphatic heterocycles. The van der Waals surface area contributed by atoms with Gasteiger partial charge < -0.3 is 9.84 Å². The number of aliphatic carboxylic acids is 1. The van der Waals surface area contributed by atoms with Gasteiger partial charge in [0, 0.05) is 12.1 Å². The zero-order chi connectivity index (χ0) is 13.3. The van der Waals surface area contributed by atoms with Crippen molar-refractivity contribution in [2.45, 2.75) is 6.92 Å². The van der Waals surface area contributed by atoms with Gasteiger partial charge in [-0.05, 0) is 19.1 Å². The molecule has 0 spiro atoms. The predicted molar refractivity (Wildman–Crippen MR) is 69.5 cm³/mol. The molecule has 5 heteroatoms. The molecule has 0 fully saturated rings. The Kier molecular flexibility index (Phi) is 2.92. The van der Waals surface area contributed by atoms with Crippen molar-refractivity contribution >= 4 is 17.4 Å². The Morgan fingerprint density at radius 1 is 1.33 bits per heavy atom. The summed E-state index contributed by atoms with van der Waals surface area (Å²) in [6.07, 6.45) is 1.62. The van der Waals surface area contributed by atoms with Crippen molar-refractivity contribution < 1.29 is 14.6 Å². The molecule has 0 saturated carbocycles. The van der Waals surface area contributed by atoms with E-state index in [4.69, 9.17) is 9.84 Å². The second-order valence-corrected chi connectivity index (χ2v) is 4.26. The summed E-state index contributed by atoms with van der Waals surface area (Å²) >= 11 is 0. The van der Waals surface area contributed by atoms with Crippen molar-refractivity contribution in [3.63, 3.8) is 0 Å².